The molecule has 1 aromatic carbocycles. The van der Waals surface area contributed by atoms with Crippen molar-refractivity contribution in [1.82, 2.24) is 4.98 Å². The van der Waals surface area contributed by atoms with Crippen molar-refractivity contribution in [3.8, 4) is 10.4 Å². The Hall–Kier alpha value is -3.09. The minimum Gasteiger partial charge on any atom is -0.386 e. The van der Waals surface area contributed by atoms with E-state index in [2.05, 4.69) is 10.3 Å². The summed E-state index contributed by atoms with van der Waals surface area (Å²) in [6, 6.07) is 6.49. The van der Waals surface area contributed by atoms with Crippen molar-refractivity contribution in [3.63, 3.8) is 0 Å². The monoisotopic (exact) mass is 487 g/mol. The maximum absolute atomic E-state index is 14.7. The van der Waals surface area contributed by atoms with Crippen LogP contribution in [0.25, 0.3) is 10.4 Å². The highest BCUT2D eigenvalue weighted by molar-refractivity contribution is 7.20. The summed E-state index contributed by atoms with van der Waals surface area (Å²) in [6.07, 6.45) is -7.77. The Labute approximate surface area is 188 Å². The third kappa shape index (κ3) is 5.29. The molecule has 0 fully saturated rings. The molecule has 176 valence electrons. The fraction of sp³-hybridized carbons (Fsp3) is 0.238. The van der Waals surface area contributed by atoms with Crippen LogP contribution in [0.3, 0.4) is 0 Å². The second-order valence-corrected chi connectivity index (χ2v) is 8.66. The van der Waals surface area contributed by atoms with Gasteiger partial charge in [-0.3, -0.25) is 4.79 Å². The summed E-state index contributed by atoms with van der Waals surface area (Å²) in [5, 5.41) is 22.0. The molecule has 3 aromatic rings. The maximum atomic E-state index is 14.7. The third-order valence-electron chi connectivity index (χ3n) is 4.59. The van der Waals surface area contributed by atoms with Crippen LogP contribution in [-0.4, -0.2) is 27.3 Å². The lowest BCUT2D eigenvalue weighted by Gasteiger charge is -2.18. The summed E-state index contributed by atoms with van der Waals surface area (Å²) in [5.74, 6) is -3.11. The number of benzene rings is 1. The van der Waals surface area contributed by atoms with Gasteiger partial charge in [0.2, 0.25) is 0 Å². The number of rotatable bonds is 6. The summed E-state index contributed by atoms with van der Waals surface area (Å²) < 4.78 is 67.8. The molecule has 1 unspecified atom stereocenters. The number of hydrogen-bond donors (Lipinski definition) is 4. The quantitative estimate of drug-likeness (QED) is 0.375. The fourth-order valence-corrected chi connectivity index (χ4v) is 4.03. The molecule has 3 rings (SSSR count). The van der Waals surface area contributed by atoms with Gasteiger partial charge in [-0.05, 0) is 49.7 Å². The molecule has 0 aliphatic heterocycles. The largest absolute Gasteiger partial charge is 0.420 e. The first-order valence-electron chi connectivity index (χ1n) is 9.33. The standard InChI is InChI=1S/C21H18F5N3O3S/c1-20(2,32)9-6-11(22)16(12(23)7-9)14-8-10(18(27)31)19(33-14)29-15-5-3-4-13(28-15)17(30)21(24,25)26/h3-8,17,30,32H,1-2H3,(H2,27,31)(H,28,29). The highest BCUT2D eigenvalue weighted by Gasteiger charge is 2.40. The van der Waals surface area contributed by atoms with Gasteiger partial charge in [0, 0.05) is 4.88 Å². The number of carbonyl (C=O) groups excluding carboxylic acids is 1. The molecule has 0 bridgehead atoms. The van der Waals surface area contributed by atoms with Crippen molar-refractivity contribution in [1.29, 1.82) is 0 Å². The molecule has 0 radical (unpaired) electrons. The Morgan fingerprint density at radius 2 is 1.76 bits per heavy atom. The highest BCUT2D eigenvalue weighted by atomic mass is 32.1. The lowest BCUT2D eigenvalue weighted by atomic mass is 9.96. The number of nitrogens with one attached hydrogen (secondary N) is 1. The van der Waals surface area contributed by atoms with Crippen molar-refractivity contribution in [2.24, 2.45) is 5.73 Å². The summed E-state index contributed by atoms with van der Waals surface area (Å²) in [6.45, 7) is 2.71. The van der Waals surface area contributed by atoms with Crippen LogP contribution in [0.5, 0.6) is 0 Å². The van der Waals surface area contributed by atoms with Gasteiger partial charge in [0.1, 0.15) is 22.5 Å². The minimum absolute atomic E-state index is 0.00415. The Morgan fingerprint density at radius 3 is 2.27 bits per heavy atom. The number of aromatic nitrogens is 1. The zero-order valence-electron chi connectivity index (χ0n) is 17.2. The van der Waals surface area contributed by atoms with Gasteiger partial charge in [0.05, 0.1) is 22.4 Å². The molecule has 0 spiro atoms. The molecule has 1 atom stereocenters. The van der Waals surface area contributed by atoms with Crippen molar-refractivity contribution in [2.45, 2.75) is 31.7 Å². The number of pyridine rings is 1. The van der Waals surface area contributed by atoms with E-state index >= 15 is 0 Å². The predicted molar refractivity (Wildman–Crippen MR) is 112 cm³/mol. The van der Waals surface area contributed by atoms with E-state index in [4.69, 9.17) is 5.73 Å². The smallest absolute Gasteiger partial charge is 0.386 e. The Morgan fingerprint density at radius 1 is 1.15 bits per heavy atom. The van der Waals surface area contributed by atoms with Crippen LogP contribution in [0, 0.1) is 11.6 Å². The highest BCUT2D eigenvalue weighted by Crippen LogP contribution is 2.40. The zero-order valence-corrected chi connectivity index (χ0v) is 18.0. The zero-order chi connectivity index (χ0) is 24.7. The number of alkyl halides is 3. The number of aliphatic hydroxyl groups is 2. The summed E-state index contributed by atoms with van der Waals surface area (Å²) in [4.78, 5) is 15.5. The Kier molecular flexibility index (Phi) is 6.46. The normalized spacial score (nSPS) is 13.1. The molecule has 0 aliphatic rings. The molecule has 1 amide bonds. The first-order valence-corrected chi connectivity index (χ1v) is 10.1. The molecular weight excluding hydrogens is 469 g/mol. The van der Waals surface area contributed by atoms with E-state index in [1.165, 1.54) is 26.0 Å². The topological polar surface area (TPSA) is 108 Å². The number of aliphatic hydroxyl groups excluding tert-OH is 1. The fourth-order valence-electron chi connectivity index (χ4n) is 2.91. The van der Waals surface area contributed by atoms with Crippen LogP contribution < -0.4 is 11.1 Å². The number of thiophene rings is 1. The van der Waals surface area contributed by atoms with E-state index in [-0.39, 0.29) is 26.8 Å². The van der Waals surface area contributed by atoms with Gasteiger partial charge in [-0.25, -0.2) is 13.8 Å². The number of hydrogen-bond acceptors (Lipinski definition) is 6. The van der Waals surface area contributed by atoms with Crippen LogP contribution >= 0.6 is 11.3 Å². The average molecular weight is 487 g/mol. The van der Waals surface area contributed by atoms with Crippen LogP contribution in [0.4, 0.5) is 32.8 Å². The number of carbonyl (C=O) groups is 1. The molecule has 12 heteroatoms. The molecule has 0 saturated heterocycles. The molecule has 33 heavy (non-hydrogen) atoms. The number of nitrogens with two attached hydrogens (primary N) is 1. The molecule has 6 nitrogen and oxygen atoms in total. The van der Waals surface area contributed by atoms with E-state index in [1.54, 1.807) is 0 Å². The van der Waals surface area contributed by atoms with Gasteiger partial charge in [-0.15, -0.1) is 11.3 Å². The number of halogens is 5. The second kappa shape index (κ2) is 8.69. The van der Waals surface area contributed by atoms with Crippen LogP contribution in [0.2, 0.25) is 0 Å². The van der Waals surface area contributed by atoms with Gasteiger partial charge < -0.3 is 21.3 Å². The number of amides is 1. The van der Waals surface area contributed by atoms with Gasteiger partial charge >= 0.3 is 6.18 Å². The number of nitrogens with zero attached hydrogens (tertiary/aromatic N) is 1. The number of primary amides is 1. The maximum Gasteiger partial charge on any atom is 0.420 e. The van der Waals surface area contributed by atoms with Crippen molar-refractivity contribution >= 4 is 28.1 Å². The first kappa shape index (κ1) is 24.6. The first-order chi connectivity index (χ1) is 15.2. The predicted octanol–water partition coefficient (Wildman–Crippen LogP) is 4.75. The summed E-state index contributed by atoms with van der Waals surface area (Å²) >= 11 is 0.718. The van der Waals surface area contributed by atoms with Crippen LogP contribution in [0.1, 0.15) is 41.6 Å². The summed E-state index contributed by atoms with van der Waals surface area (Å²) in [5.41, 5.74) is 2.50. The Bertz CT molecular complexity index is 1180. The van der Waals surface area contributed by atoms with Gasteiger partial charge in [0.15, 0.2) is 6.10 Å². The van der Waals surface area contributed by atoms with E-state index in [9.17, 15) is 37.0 Å². The van der Waals surface area contributed by atoms with Gasteiger partial charge in [-0.1, -0.05) is 6.07 Å². The van der Waals surface area contributed by atoms with E-state index < -0.39 is 46.7 Å². The lowest BCUT2D eigenvalue weighted by Crippen LogP contribution is -2.21. The number of anilines is 2. The minimum atomic E-state index is -4.94. The van der Waals surface area contributed by atoms with Crippen molar-refractivity contribution < 1.29 is 37.0 Å². The van der Waals surface area contributed by atoms with E-state index in [0.29, 0.717) is 0 Å². The molecule has 2 aromatic heterocycles. The molecule has 5 N–H and O–H groups in total. The molecule has 2 heterocycles. The second-order valence-electron chi connectivity index (χ2n) is 7.61. The van der Waals surface area contributed by atoms with Crippen LogP contribution in [0.15, 0.2) is 36.4 Å². The van der Waals surface area contributed by atoms with E-state index in [1.807, 2.05) is 0 Å². The van der Waals surface area contributed by atoms with Gasteiger partial charge in [0.25, 0.3) is 5.91 Å². The summed E-state index contributed by atoms with van der Waals surface area (Å²) in [7, 11) is 0. The van der Waals surface area contributed by atoms with Crippen LogP contribution in [-0.2, 0) is 5.60 Å². The average Bonchev–Trinajstić information content (AvgIpc) is 3.09. The van der Waals surface area contributed by atoms with Crippen molar-refractivity contribution in [2.75, 3.05) is 5.32 Å². The van der Waals surface area contributed by atoms with E-state index in [0.717, 1.165) is 35.6 Å². The van der Waals surface area contributed by atoms with Gasteiger partial charge in [-0.2, -0.15) is 13.2 Å². The molecular formula is C21H18F5N3O3S. The van der Waals surface area contributed by atoms with Crippen molar-refractivity contribution in [3.05, 3.63) is 64.9 Å². The Balaban J connectivity index is 2.03. The molecule has 0 saturated carbocycles. The SMILES string of the molecule is CC(C)(O)c1cc(F)c(-c2cc(C(N)=O)c(Nc3cccc(C(O)C(F)(F)F)n3)s2)c(F)c1. The lowest BCUT2D eigenvalue weighted by molar-refractivity contribution is -0.207. The third-order valence-corrected chi connectivity index (χ3v) is 5.66. The molecule has 0 aliphatic carbocycles.